The largest absolute Gasteiger partial charge is 0.367 e. The highest BCUT2D eigenvalue weighted by Crippen LogP contribution is 2.12. The number of nitrogens with zero attached hydrogens (tertiary/aromatic N) is 1. The Kier molecular flexibility index (Phi) is 2.35. The minimum absolute atomic E-state index is 0.530. The van der Waals surface area contributed by atoms with Crippen LogP contribution in [0.4, 0.5) is 5.69 Å². The number of hydrogen-bond donors (Lipinski definition) is 1. The first kappa shape index (κ1) is 8.61. The highest BCUT2D eigenvalue weighted by atomic mass is 15.0. The van der Waals surface area contributed by atoms with E-state index in [1.54, 1.807) is 0 Å². The van der Waals surface area contributed by atoms with Crippen LogP contribution in [0, 0.1) is 17.4 Å². The Morgan fingerprint density at radius 2 is 2.25 bits per heavy atom. The number of anilines is 1. The number of hydrogen-bond acceptors (Lipinski definition) is 2. The molecule has 0 saturated carbocycles. The minimum atomic E-state index is -0.530. The quantitative estimate of drug-likeness (QED) is 0.718. The van der Waals surface area contributed by atoms with Crippen molar-refractivity contribution >= 4 is 5.69 Å². The van der Waals surface area contributed by atoms with Gasteiger partial charge in [0, 0.05) is 11.8 Å². The fraction of sp³-hybridized carbons (Fsp3) is 0.300. The number of rotatable bonds is 2. The molecular formula is C10H11N2. The number of nitrogens with one attached hydrogen (secondary N) is 1. The Bertz CT molecular complexity index is 282. The average Bonchev–Trinajstić information content (AvgIpc) is 2.06. The maximum absolute atomic E-state index is 8.73. The molecule has 0 aromatic heterocycles. The van der Waals surface area contributed by atoms with Crippen LogP contribution in [-0.2, 0) is 0 Å². The van der Waals surface area contributed by atoms with Gasteiger partial charge in [-0.15, -0.1) is 0 Å². The molecule has 0 aliphatic carbocycles. The maximum Gasteiger partial charge on any atom is 0.119 e. The predicted molar refractivity (Wildman–Crippen MR) is 48.6 cm³/mol. The zero-order chi connectivity index (χ0) is 9.03. The zero-order valence-corrected chi connectivity index (χ0v) is 7.26. The van der Waals surface area contributed by atoms with Gasteiger partial charge in [-0.1, -0.05) is 18.2 Å². The molecule has 1 radical (unpaired) electrons. The molecule has 1 N–H and O–H groups in total. The van der Waals surface area contributed by atoms with Crippen molar-refractivity contribution in [2.24, 2.45) is 0 Å². The fourth-order valence-electron chi connectivity index (χ4n) is 0.836. The van der Waals surface area contributed by atoms with E-state index in [0.29, 0.717) is 0 Å². The monoisotopic (exact) mass is 159 g/mol. The summed E-state index contributed by atoms with van der Waals surface area (Å²) >= 11 is 0. The van der Waals surface area contributed by atoms with Crippen LogP contribution >= 0.6 is 0 Å². The molecule has 0 fully saturated rings. The summed E-state index contributed by atoms with van der Waals surface area (Å²) in [5.41, 5.74) is 0.321. The van der Waals surface area contributed by atoms with Crippen molar-refractivity contribution in [1.29, 1.82) is 5.26 Å². The van der Waals surface area contributed by atoms with Crippen LogP contribution in [0.1, 0.15) is 13.8 Å². The van der Waals surface area contributed by atoms with E-state index in [-0.39, 0.29) is 0 Å². The van der Waals surface area contributed by atoms with Gasteiger partial charge in [0.2, 0.25) is 0 Å². The van der Waals surface area contributed by atoms with Crippen LogP contribution in [0.15, 0.2) is 24.3 Å². The molecule has 61 valence electrons. The lowest BCUT2D eigenvalue weighted by Gasteiger charge is -2.18. The summed E-state index contributed by atoms with van der Waals surface area (Å²) in [5, 5.41) is 11.8. The van der Waals surface area contributed by atoms with Crippen molar-refractivity contribution in [2.75, 3.05) is 5.32 Å². The summed E-state index contributed by atoms with van der Waals surface area (Å²) in [6.45, 7) is 3.65. The predicted octanol–water partition coefficient (Wildman–Crippen LogP) is 2.20. The summed E-state index contributed by atoms with van der Waals surface area (Å²) in [5.74, 6) is 0. The Hall–Kier alpha value is -1.49. The second-order valence-corrected chi connectivity index (χ2v) is 3.14. The van der Waals surface area contributed by atoms with Gasteiger partial charge in [-0.25, -0.2) is 0 Å². The lowest BCUT2D eigenvalue weighted by Crippen LogP contribution is -2.28. The summed E-state index contributed by atoms with van der Waals surface area (Å²) in [4.78, 5) is 0. The van der Waals surface area contributed by atoms with Crippen molar-refractivity contribution < 1.29 is 0 Å². The van der Waals surface area contributed by atoms with Crippen LogP contribution < -0.4 is 5.32 Å². The molecule has 0 bridgehead atoms. The molecule has 0 saturated heterocycles. The van der Waals surface area contributed by atoms with Crippen LogP contribution in [0.2, 0.25) is 0 Å². The lowest BCUT2D eigenvalue weighted by molar-refractivity contribution is 0.728. The van der Waals surface area contributed by atoms with E-state index in [1.807, 2.05) is 38.1 Å². The van der Waals surface area contributed by atoms with E-state index in [9.17, 15) is 0 Å². The van der Waals surface area contributed by atoms with Crippen LogP contribution in [0.5, 0.6) is 0 Å². The average molecular weight is 159 g/mol. The molecule has 1 aromatic carbocycles. The zero-order valence-electron chi connectivity index (χ0n) is 7.26. The summed E-state index contributed by atoms with van der Waals surface area (Å²) in [6.07, 6.45) is 0. The molecule has 0 unspecified atom stereocenters. The van der Waals surface area contributed by atoms with Crippen molar-refractivity contribution in [3.63, 3.8) is 0 Å². The molecule has 2 nitrogen and oxygen atoms in total. The molecule has 0 aliphatic heterocycles. The third kappa shape index (κ3) is 2.28. The molecule has 0 atom stereocenters. The van der Waals surface area contributed by atoms with Crippen molar-refractivity contribution in [1.82, 2.24) is 0 Å². The first-order valence-electron chi connectivity index (χ1n) is 3.80. The molecule has 1 aromatic rings. The smallest absolute Gasteiger partial charge is 0.119 e. The second kappa shape index (κ2) is 3.27. The van der Waals surface area contributed by atoms with E-state index in [2.05, 4.69) is 17.5 Å². The van der Waals surface area contributed by atoms with Gasteiger partial charge in [-0.2, -0.15) is 5.26 Å². The first-order chi connectivity index (χ1) is 5.64. The third-order valence-corrected chi connectivity index (χ3v) is 1.44. The highest BCUT2D eigenvalue weighted by molar-refractivity contribution is 5.45. The molecule has 0 amide bonds. The Morgan fingerprint density at radius 1 is 1.50 bits per heavy atom. The SMILES string of the molecule is CC(C)(C#N)Nc1[c]cccc1. The molecule has 0 heterocycles. The lowest BCUT2D eigenvalue weighted by atomic mass is 10.1. The Labute approximate surface area is 72.8 Å². The van der Waals surface area contributed by atoms with Crippen molar-refractivity contribution in [3.05, 3.63) is 30.3 Å². The summed E-state index contributed by atoms with van der Waals surface area (Å²) < 4.78 is 0. The summed E-state index contributed by atoms with van der Waals surface area (Å²) in [7, 11) is 0. The van der Waals surface area contributed by atoms with Crippen molar-refractivity contribution in [2.45, 2.75) is 19.4 Å². The van der Waals surface area contributed by atoms with Gasteiger partial charge >= 0.3 is 0 Å². The van der Waals surface area contributed by atoms with Crippen molar-refractivity contribution in [3.8, 4) is 6.07 Å². The standard InChI is InChI=1S/C10H11N2/c1-10(2,8-11)12-9-6-4-3-5-7-9/h3-6,12H,1-2H3. The number of para-hydroxylation sites is 1. The Morgan fingerprint density at radius 3 is 2.75 bits per heavy atom. The van der Waals surface area contributed by atoms with Gasteiger partial charge in [0.1, 0.15) is 5.54 Å². The second-order valence-electron chi connectivity index (χ2n) is 3.14. The van der Waals surface area contributed by atoms with Gasteiger partial charge in [0.25, 0.3) is 0 Å². The third-order valence-electron chi connectivity index (χ3n) is 1.44. The molecule has 12 heavy (non-hydrogen) atoms. The van der Waals surface area contributed by atoms with Crippen LogP contribution in [0.25, 0.3) is 0 Å². The molecule has 0 aliphatic rings. The number of benzene rings is 1. The fourth-order valence-corrected chi connectivity index (χ4v) is 0.836. The maximum atomic E-state index is 8.73. The van der Waals surface area contributed by atoms with E-state index < -0.39 is 5.54 Å². The summed E-state index contributed by atoms with van der Waals surface area (Å²) in [6, 6.07) is 12.7. The van der Waals surface area contributed by atoms with Gasteiger partial charge < -0.3 is 5.32 Å². The van der Waals surface area contributed by atoms with E-state index in [4.69, 9.17) is 5.26 Å². The molecule has 1 rings (SSSR count). The van der Waals surface area contributed by atoms with Gasteiger partial charge in [-0.3, -0.25) is 0 Å². The first-order valence-corrected chi connectivity index (χ1v) is 3.80. The minimum Gasteiger partial charge on any atom is -0.367 e. The van der Waals surface area contributed by atoms with Crippen LogP contribution in [0.3, 0.4) is 0 Å². The normalized spacial score (nSPS) is 10.4. The molecular weight excluding hydrogens is 148 g/mol. The van der Waals surface area contributed by atoms with E-state index >= 15 is 0 Å². The van der Waals surface area contributed by atoms with Gasteiger partial charge in [0.15, 0.2) is 0 Å². The van der Waals surface area contributed by atoms with Crippen LogP contribution in [-0.4, -0.2) is 5.54 Å². The molecule has 0 spiro atoms. The van der Waals surface area contributed by atoms with E-state index in [1.165, 1.54) is 0 Å². The topological polar surface area (TPSA) is 35.8 Å². The Balaban J connectivity index is 2.72. The number of nitriles is 1. The molecule has 2 heteroatoms. The van der Waals surface area contributed by atoms with Gasteiger partial charge in [-0.05, 0) is 19.9 Å². The van der Waals surface area contributed by atoms with E-state index in [0.717, 1.165) is 5.69 Å². The van der Waals surface area contributed by atoms with Gasteiger partial charge in [0.05, 0.1) is 6.07 Å². The highest BCUT2D eigenvalue weighted by Gasteiger charge is 2.14.